The van der Waals surface area contributed by atoms with Gasteiger partial charge in [0.15, 0.2) is 5.82 Å². The van der Waals surface area contributed by atoms with Crippen LogP contribution in [0.1, 0.15) is 47.4 Å². The van der Waals surface area contributed by atoms with Crippen molar-refractivity contribution in [2.75, 3.05) is 25.0 Å². The Morgan fingerprint density at radius 2 is 1.77 bits per heavy atom. The zero-order valence-corrected chi connectivity index (χ0v) is 17.9. The highest BCUT2D eigenvalue weighted by Gasteiger charge is 2.53. The lowest BCUT2D eigenvalue weighted by molar-refractivity contribution is 0.186. The Hall–Kier alpha value is -2.50. The SMILES string of the molecule is Fc1cnc(NC2CCN(CC34CC(c5ccccc53)c3ccc(Cl)cc34)CC2)nc1. The van der Waals surface area contributed by atoms with Crippen LogP contribution < -0.4 is 5.32 Å². The van der Waals surface area contributed by atoms with Gasteiger partial charge in [0.2, 0.25) is 5.95 Å². The van der Waals surface area contributed by atoms with Gasteiger partial charge in [-0.05, 0) is 53.6 Å². The van der Waals surface area contributed by atoms with Crippen molar-refractivity contribution in [1.82, 2.24) is 14.9 Å². The first kappa shape index (κ1) is 19.2. The first-order chi connectivity index (χ1) is 15.1. The number of fused-ring (bicyclic) bond motifs is 8. The lowest BCUT2D eigenvalue weighted by Crippen LogP contribution is -2.46. The predicted octanol–water partition coefficient (Wildman–Crippen LogP) is 4.98. The summed E-state index contributed by atoms with van der Waals surface area (Å²) in [6, 6.07) is 15.7. The van der Waals surface area contributed by atoms with Crippen molar-refractivity contribution in [3.8, 4) is 0 Å². The summed E-state index contributed by atoms with van der Waals surface area (Å²) in [7, 11) is 0. The molecule has 1 saturated heterocycles. The first-order valence-corrected chi connectivity index (χ1v) is 11.4. The van der Waals surface area contributed by atoms with Crippen LogP contribution in [0.3, 0.4) is 0 Å². The second kappa shape index (κ2) is 7.28. The zero-order chi connectivity index (χ0) is 21.0. The standard InChI is InChI=1S/C25H24ClFN4/c26-16-5-6-20-21-12-25(23(20)11-16,22-4-2-1-3-19(21)22)15-31-9-7-18(8-10-31)30-24-28-13-17(27)14-29-24/h1-6,11,13-14,18,21H,7-10,12,15H2,(H,28,29,30). The van der Waals surface area contributed by atoms with Crippen LogP contribution in [0.5, 0.6) is 0 Å². The summed E-state index contributed by atoms with van der Waals surface area (Å²) < 4.78 is 13.1. The molecule has 6 rings (SSSR count). The van der Waals surface area contributed by atoms with E-state index in [4.69, 9.17) is 11.6 Å². The number of anilines is 1. The number of nitrogens with one attached hydrogen (secondary N) is 1. The predicted molar refractivity (Wildman–Crippen MR) is 120 cm³/mol. The molecule has 2 heterocycles. The van der Waals surface area contributed by atoms with Gasteiger partial charge < -0.3 is 10.2 Å². The molecular weight excluding hydrogens is 411 g/mol. The number of rotatable bonds is 4. The molecule has 2 aliphatic carbocycles. The number of likely N-dealkylation sites (tertiary alicyclic amines) is 1. The molecule has 0 radical (unpaired) electrons. The molecule has 3 aliphatic rings. The number of hydrogen-bond donors (Lipinski definition) is 1. The number of benzene rings is 2. The van der Waals surface area contributed by atoms with Crippen molar-refractivity contribution in [1.29, 1.82) is 0 Å². The monoisotopic (exact) mass is 434 g/mol. The molecule has 4 nitrogen and oxygen atoms in total. The number of piperidine rings is 1. The van der Waals surface area contributed by atoms with Gasteiger partial charge in [-0.2, -0.15) is 0 Å². The summed E-state index contributed by atoms with van der Waals surface area (Å²) in [6.45, 7) is 3.06. The summed E-state index contributed by atoms with van der Waals surface area (Å²) in [6.07, 6.45) is 5.60. The van der Waals surface area contributed by atoms with E-state index in [1.54, 1.807) is 0 Å². The highest BCUT2D eigenvalue weighted by molar-refractivity contribution is 6.30. The fourth-order valence-electron chi connectivity index (χ4n) is 6.01. The molecule has 2 aromatic carbocycles. The van der Waals surface area contributed by atoms with E-state index in [2.05, 4.69) is 56.6 Å². The van der Waals surface area contributed by atoms with Crippen LogP contribution in [-0.4, -0.2) is 40.5 Å². The van der Waals surface area contributed by atoms with Gasteiger partial charge in [0.25, 0.3) is 0 Å². The maximum Gasteiger partial charge on any atom is 0.222 e. The molecule has 2 unspecified atom stereocenters. The van der Waals surface area contributed by atoms with Crippen LogP contribution in [0.25, 0.3) is 0 Å². The van der Waals surface area contributed by atoms with Crippen molar-refractivity contribution in [2.45, 2.75) is 36.6 Å². The molecule has 0 spiro atoms. The van der Waals surface area contributed by atoms with Crippen LogP contribution in [0.15, 0.2) is 54.9 Å². The molecule has 1 N–H and O–H groups in total. The molecule has 1 fully saturated rings. The average Bonchev–Trinajstić information content (AvgIpc) is 3.28. The van der Waals surface area contributed by atoms with E-state index >= 15 is 0 Å². The van der Waals surface area contributed by atoms with Gasteiger partial charge in [-0.25, -0.2) is 14.4 Å². The van der Waals surface area contributed by atoms with E-state index in [0.717, 1.165) is 43.9 Å². The molecule has 1 aromatic heterocycles. The molecule has 2 bridgehead atoms. The number of halogens is 2. The Morgan fingerprint density at radius 1 is 1.03 bits per heavy atom. The van der Waals surface area contributed by atoms with Crippen LogP contribution in [-0.2, 0) is 5.41 Å². The Balaban J connectivity index is 1.22. The highest BCUT2D eigenvalue weighted by atomic mass is 35.5. The molecular formula is C25H24ClFN4. The van der Waals surface area contributed by atoms with Crippen LogP contribution >= 0.6 is 11.6 Å². The molecule has 1 aliphatic heterocycles. The van der Waals surface area contributed by atoms with Gasteiger partial charge in [-0.3, -0.25) is 0 Å². The normalized spacial score (nSPS) is 24.8. The maximum absolute atomic E-state index is 13.1. The van der Waals surface area contributed by atoms with E-state index in [1.165, 1.54) is 34.6 Å². The number of hydrogen-bond acceptors (Lipinski definition) is 4. The third kappa shape index (κ3) is 3.14. The largest absolute Gasteiger partial charge is 0.351 e. The van der Waals surface area contributed by atoms with Gasteiger partial charge in [-0.15, -0.1) is 0 Å². The average molecular weight is 435 g/mol. The van der Waals surface area contributed by atoms with Gasteiger partial charge in [0.05, 0.1) is 12.4 Å². The lowest BCUT2D eigenvalue weighted by Gasteiger charge is -2.40. The highest BCUT2D eigenvalue weighted by Crippen LogP contribution is 2.60. The summed E-state index contributed by atoms with van der Waals surface area (Å²) in [4.78, 5) is 10.7. The topological polar surface area (TPSA) is 41.1 Å². The minimum atomic E-state index is -0.410. The zero-order valence-electron chi connectivity index (χ0n) is 17.2. The molecule has 3 aromatic rings. The van der Waals surface area contributed by atoms with E-state index in [-0.39, 0.29) is 5.41 Å². The smallest absolute Gasteiger partial charge is 0.222 e. The Labute approximate surface area is 186 Å². The van der Waals surface area contributed by atoms with Gasteiger partial charge >= 0.3 is 0 Å². The second-order valence-corrected chi connectivity index (χ2v) is 9.51. The summed E-state index contributed by atoms with van der Waals surface area (Å²) in [5, 5.41) is 4.18. The van der Waals surface area contributed by atoms with Gasteiger partial charge in [-0.1, -0.05) is 41.9 Å². The van der Waals surface area contributed by atoms with E-state index in [0.29, 0.717) is 17.9 Å². The third-order valence-corrected chi connectivity index (χ3v) is 7.58. The Kier molecular flexibility index (Phi) is 4.51. The Morgan fingerprint density at radius 3 is 2.58 bits per heavy atom. The van der Waals surface area contributed by atoms with Crippen molar-refractivity contribution >= 4 is 17.5 Å². The van der Waals surface area contributed by atoms with E-state index in [1.807, 2.05) is 6.07 Å². The molecule has 0 amide bonds. The Bertz CT molecular complexity index is 1130. The quantitative estimate of drug-likeness (QED) is 0.628. The molecule has 6 heteroatoms. The van der Waals surface area contributed by atoms with Crippen LogP contribution in [0.2, 0.25) is 5.02 Å². The van der Waals surface area contributed by atoms with Crippen molar-refractivity contribution in [2.24, 2.45) is 0 Å². The fourth-order valence-corrected chi connectivity index (χ4v) is 6.18. The molecule has 0 saturated carbocycles. The van der Waals surface area contributed by atoms with Crippen molar-refractivity contribution < 1.29 is 4.39 Å². The summed E-state index contributed by atoms with van der Waals surface area (Å²) in [5.74, 6) is 0.579. The number of aromatic nitrogens is 2. The molecule has 2 atom stereocenters. The third-order valence-electron chi connectivity index (χ3n) is 7.35. The van der Waals surface area contributed by atoms with Crippen molar-refractivity contribution in [3.05, 3.63) is 88.0 Å². The van der Waals surface area contributed by atoms with Gasteiger partial charge in [0.1, 0.15) is 0 Å². The molecule has 158 valence electrons. The summed E-state index contributed by atoms with van der Waals surface area (Å²) in [5.41, 5.74) is 5.87. The lowest BCUT2D eigenvalue weighted by atomic mass is 9.74. The number of nitrogens with zero attached hydrogens (tertiary/aromatic N) is 3. The second-order valence-electron chi connectivity index (χ2n) is 9.08. The minimum Gasteiger partial charge on any atom is -0.351 e. The minimum absolute atomic E-state index is 0.0296. The first-order valence-electron chi connectivity index (χ1n) is 11.0. The van der Waals surface area contributed by atoms with Gasteiger partial charge in [0, 0.05) is 42.0 Å². The van der Waals surface area contributed by atoms with Crippen LogP contribution in [0, 0.1) is 5.82 Å². The summed E-state index contributed by atoms with van der Waals surface area (Å²) >= 11 is 6.44. The van der Waals surface area contributed by atoms with Crippen LogP contribution in [0.4, 0.5) is 10.3 Å². The van der Waals surface area contributed by atoms with E-state index < -0.39 is 5.82 Å². The molecule has 31 heavy (non-hydrogen) atoms. The van der Waals surface area contributed by atoms with E-state index in [9.17, 15) is 4.39 Å². The maximum atomic E-state index is 13.1. The van der Waals surface area contributed by atoms with Crippen molar-refractivity contribution in [3.63, 3.8) is 0 Å². The fraction of sp³-hybridized carbons (Fsp3) is 0.360.